The van der Waals surface area contributed by atoms with Crippen LogP contribution < -0.4 is 9.47 Å². The van der Waals surface area contributed by atoms with Crippen LogP contribution in [0.15, 0.2) is 42.5 Å². The first-order valence-corrected chi connectivity index (χ1v) is 9.99. The second-order valence-corrected chi connectivity index (χ2v) is 7.74. The van der Waals surface area contributed by atoms with Crippen molar-refractivity contribution in [1.29, 1.82) is 0 Å². The van der Waals surface area contributed by atoms with Crippen LogP contribution in [0.4, 0.5) is 4.39 Å². The third-order valence-electron chi connectivity index (χ3n) is 5.76. The van der Waals surface area contributed by atoms with E-state index in [1.54, 1.807) is 19.2 Å². The van der Waals surface area contributed by atoms with Gasteiger partial charge in [0, 0.05) is 25.4 Å². The topological polar surface area (TPSA) is 38.8 Å². The number of methoxy groups -OCH3 is 1. The first-order valence-electron chi connectivity index (χ1n) is 9.99. The molecule has 4 nitrogen and oxygen atoms in total. The quantitative estimate of drug-likeness (QED) is 0.728. The molecule has 1 unspecified atom stereocenters. The number of amides is 1. The fourth-order valence-corrected chi connectivity index (χ4v) is 4.18. The van der Waals surface area contributed by atoms with Crippen molar-refractivity contribution in [2.75, 3.05) is 13.7 Å². The Morgan fingerprint density at radius 3 is 2.54 bits per heavy atom. The van der Waals surface area contributed by atoms with Gasteiger partial charge >= 0.3 is 0 Å². The van der Waals surface area contributed by atoms with Crippen LogP contribution in [0.3, 0.4) is 0 Å². The van der Waals surface area contributed by atoms with Gasteiger partial charge in [-0.05, 0) is 61.1 Å². The van der Waals surface area contributed by atoms with Gasteiger partial charge in [0.25, 0.3) is 0 Å². The number of carbonyl (C=O) groups is 1. The Kier molecular flexibility index (Phi) is 5.51. The van der Waals surface area contributed by atoms with Gasteiger partial charge in [-0.2, -0.15) is 0 Å². The summed E-state index contributed by atoms with van der Waals surface area (Å²) in [5.41, 5.74) is 2.04. The zero-order chi connectivity index (χ0) is 19.5. The molecule has 2 aromatic carbocycles. The lowest BCUT2D eigenvalue weighted by molar-refractivity contribution is -0.128. The average Bonchev–Trinajstić information content (AvgIpc) is 3.34. The van der Waals surface area contributed by atoms with E-state index in [9.17, 15) is 9.18 Å². The second-order valence-electron chi connectivity index (χ2n) is 7.74. The fraction of sp³-hybridized carbons (Fsp3) is 0.435. The predicted molar refractivity (Wildman–Crippen MR) is 105 cm³/mol. The molecular weight excluding hydrogens is 357 g/mol. The molecule has 1 aliphatic carbocycles. The van der Waals surface area contributed by atoms with Gasteiger partial charge in [-0.25, -0.2) is 4.39 Å². The van der Waals surface area contributed by atoms with Crippen LogP contribution in [0.25, 0.3) is 0 Å². The van der Waals surface area contributed by atoms with E-state index in [4.69, 9.17) is 9.47 Å². The number of halogens is 1. The van der Waals surface area contributed by atoms with E-state index in [1.165, 1.54) is 25.0 Å². The van der Waals surface area contributed by atoms with Gasteiger partial charge in [0.15, 0.2) is 11.5 Å². The minimum Gasteiger partial charge on any atom is -0.493 e. The van der Waals surface area contributed by atoms with E-state index in [0.717, 1.165) is 35.5 Å². The molecule has 1 saturated heterocycles. The Morgan fingerprint density at radius 2 is 1.82 bits per heavy atom. The van der Waals surface area contributed by atoms with Crippen LogP contribution in [0.1, 0.15) is 49.1 Å². The monoisotopic (exact) mass is 383 g/mol. The number of carbonyl (C=O) groups excluding carboxylic acids is 1. The molecule has 1 amide bonds. The minimum absolute atomic E-state index is 0.128. The Bertz CT molecular complexity index is 830. The number of benzene rings is 2. The zero-order valence-corrected chi connectivity index (χ0v) is 16.2. The van der Waals surface area contributed by atoms with Crippen LogP contribution >= 0.6 is 0 Å². The van der Waals surface area contributed by atoms with Crippen molar-refractivity contribution < 1.29 is 18.7 Å². The molecule has 0 bridgehead atoms. The molecule has 0 radical (unpaired) electrons. The van der Waals surface area contributed by atoms with Crippen LogP contribution in [-0.4, -0.2) is 30.6 Å². The Labute approximate surface area is 165 Å². The maximum Gasteiger partial charge on any atom is 0.223 e. The van der Waals surface area contributed by atoms with E-state index in [2.05, 4.69) is 0 Å². The van der Waals surface area contributed by atoms with E-state index in [1.807, 2.05) is 23.1 Å². The highest BCUT2D eigenvalue weighted by Crippen LogP contribution is 2.37. The lowest BCUT2D eigenvalue weighted by atomic mass is 9.98. The lowest BCUT2D eigenvalue weighted by Crippen LogP contribution is -2.24. The van der Waals surface area contributed by atoms with Gasteiger partial charge in [-0.15, -0.1) is 0 Å². The maximum atomic E-state index is 13.1. The van der Waals surface area contributed by atoms with Crippen LogP contribution in [0, 0.1) is 5.82 Å². The fourth-order valence-electron chi connectivity index (χ4n) is 4.18. The largest absolute Gasteiger partial charge is 0.493 e. The van der Waals surface area contributed by atoms with Gasteiger partial charge < -0.3 is 14.4 Å². The highest BCUT2D eigenvalue weighted by atomic mass is 19.1. The molecule has 28 heavy (non-hydrogen) atoms. The van der Waals surface area contributed by atoms with Crippen LogP contribution in [0.5, 0.6) is 11.5 Å². The standard InChI is InChI=1S/C23H26FNO3/c1-27-21-11-8-17(12-22(21)28-20-4-2-3-5-20)18-13-23(26)25(15-18)14-16-6-9-19(24)10-7-16/h6-12,18,20H,2-5,13-15H2,1H3. The van der Waals surface area contributed by atoms with Crippen molar-refractivity contribution in [3.8, 4) is 11.5 Å². The van der Waals surface area contributed by atoms with Gasteiger partial charge in [-0.3, -0.25) is 4.79 Å². The average molecular weight is 383 g/mol. The highest BCUT2D eigenvalue weighted by Gasteiger charge is 2.31. The second kappa shape index (κ2) is 8.21. The summed E-state index contributed by atoms with van der Waals surface area (Å²) in [6.07, 6.45) is 5.33. The third kappa shape index (κ3) is 4.13. The van der Waals surface area contributed by atoms with Crippen molar-refractivity contribution in [2.24, 2.45) is 0 Å². The lowest BCUT2D eigenvalue weighted by Gasteiger charge is -2.19. The number of rotatable bonds is 6. The molecule has 4 rings (SSSR count). The van der Waals surface area contributed by atoms with E-state index in [-0.39, 0.29) is 23.7 Å². The summed E-state index contributed by atoms with van der Waals surface area (Å²) < 4.78 is 24.8. The van der Waals surface area contributed by atoms with E-state index >= 15 is 0 Å². The molecule has 1 heterocycles. The summed E-state index contributed by atoms with van der Waals surface area (Å²) in [7, 11) is 1.65. The summed E-state index contributed by atoms with van der Waals surface area (Å²) in [5.74, 6) is 1.51. The molecule has 0 N–H and O–H groups in total. The molecule has 2 fully saturated rings. The van der Waals surface area contributed by atoms with Crippen LogP contribution in [0.2, 0.25) is 0 Å². The summed E-state index contributed by atoms with van der Waals surface area (Å²) in [4.78, 5) is 14.4. The number of hydrogen-bond donors (Lipinski definition) is 0. The summed E-state index contributed by atoms with van der Waals surface area (Å²) in [6.45, 7) is 1.17. The van der Waals surface area contributed by atoms with Crippen molar-refractivity contribution in [3.63, 3.8) is 0 Å². The number of likely N-dealkylation sites (tertiary alicyclic amines) is 1. The number of ether oxygens (including phenoxy) is 2. The Balaban J connectivity index is 1.47. The van der Waals surface area contributed by atoms with E-state index in [0.29, 0.717) is 19.5 Å². The van der Waals surface area contributed by atoms with Crippen molar-refractivity contribution >= 4 is 5.91 Å². The van der Waals surface area contributed by atoms with Gasteiger partial charge in [0.2, 0.25) is 5.91 Å². The molecule has 148 valence electrons. The van der Waals surface area contributed by atoms with Gasteiger partial charge in [-0.1, -0.05) is 18.2 Å². The molecule has 1 saturated carbocycles. The summed E-state index contributed by atoms with van der Waals surface area (Å²) >= 11 is 0. The molecular formula is C23H26FNO3. The Morgan fingerprint density at radius 1 is 1.07 bits per heavy atom. The van der Waals surface area contributed by atoms with Gasteiger partial charge in [0.05, 0.1) is 13.2 Å². The third-order valence-corrected chi connectivity index (χ3v) is 5.76. The van der Waals surface area contributed by atoms with Crippen LogP contribution in [-0.2, 0) is 11.3 Å². The highest BCUT2D eigenvalue weighted by molar-refractivity contribution is 5.79. The number of hydrogen-bond acceptors (Lipinski definition) is 3. The normalized spacial score (nSPS) is 20.0. The molecule has 1 aliphatic heterocycles. The summed E-state index contributed by atoms with van der Waals surface area (Å²) in [6, 6.07) is 12.3. The number of nitrogens with zero attached hydrogens (tertiary/aromatic N) is 1. The van der Waals surface area contributed by atoms with Gasteiger partial charge in [0.1, 0.15) is 5.82 Å². The SMILES string of the molecule is COc1ccc(C2CC(=O)N(Cc3ccc(F)cc3)C2)cc1OC1CCCC1. The van der Waals surface area contributed by atoms with Crippen molar-refractivity contribution in [1.82, 2.24) is 4.90 Å². The molecule has 2 aliphatic rings. The van der Waals surface area contributed by atoms with E-state index < -0.39 is 0 Å². The molecule has 0 spiro atoms. The molecule has 0 aromatic heterocycles. The molecule has 1 atom stereocenters. The smallest absolute Gasteiger partial charge is 0.223 e. The first kappa shape index (κ1) is 18.8. The van der Waals surface area contributed by atoms with Crippen molar-refractivity contribution in [2.45, 2.75) is 50.7 Å². The first-order chi connectivity index (χ1) is 13.6. The molecule has 2 aromatic rings. The zero-order valence-electron chi connectivity index (χ0n) is 16.2. The Hall–Kier alpha value is -2.56. The predicted octanol–water partition coefficient (Wildman–Crippen LogP) is 4.67. The summed E-state index contributed by atoms with van der Waals surface area (Å²) in [5, 5.41) is 0. The molecule has 5 heteroatoms. The minimum atomic E-state index is -0.262. The maximum absolute atomic E-state index is 13.1. The van der Waals surface area contributed by atoms with Crippen molar-refractivity contribution in [3.05, 3.63) is 59.4 Å².